The second-order valence-corrected chi connectivity index (χ2v) is 9.43. The lowest BCUT2D eigenvalue weighted by Gasteiger charge is -2.19. The topological polar surface area (TPSA) is 39.1 Å². The number of aliphatic imine (C=N–C) groups is 1. The molecule has 0 aliphatic heterocycles. The van der Waals surface area contributed by atoms with Gasteiger partial charge in [-0.1, -0.05) is 52.3 Å². The van der Waals surface area contributed by atoms with Crippen molar-refractivity contribution in [1.82, 2.24) is 0 Å². The first-order valence-electron chi connectivity index (χ1n) is 10.8. The van der Waals surface area contributed by atoms with E-state index in [1.54, 1.807) is 6.07 Å². The van der Waals surface area contributed by atoms with E-state index in [1.165, 1.54) is 0 Å². The standard InChI is InChI=1S/C28H28BrN3O/c1-31(2)23-11-5-19(6-12-23)18-30-28(20-7-13-24(14-8-20)32(3)4)27-25-15-10-22(29)17-21(25)9-16-26(27)33/h5-18,28,33H,1-4H3. The smallest absolute Gasteiger partial charge is 0.121 e. The Morgan fingerprint density at radius 1 is 0.788 bits per heavy atom. The van der Waals surface area contributed by atoms with Crippen LogP contribution >= 0.6 is 15.9 Å². The Morgan fingerprint density at radius 3 is 2.00 bits per heavy atom. The van der Waals surface area contributed by atoms with Gasteiger partial charge in [0.2, 0.25) is 0 Å². The van der Waals surface area contributed by atoms with Gasteiger partial charge in [0, 0.05) is 55.8 Å². The van der Waals surface area contributed by atoms with E-state index in [9.17, 15) is 5.11 Å². The third-order valence-corrected chi connectivity index (χ3v) is 6.27. The lowest BCUT2D eigenvalue weighted by atomic mass is 9.93. The molecule has 5 heteroatoms. The second kappa shape index (κ2) is 9.67. The SMILES string of the molecule is CN(C)c1ccc(C=NC(c2ccc(N(C)C)cc2)c2c(O)ccc3cc(Br)ccc23)cc1. The van der Waals surface area contributed by atoms with Gasteiger partial charge in [-0.3, -0.25) is 4.99 Å². The van der Waals surface area contributed by atoms with E-state index >= 15 is 0 Å². The van der Waals surface area contributed by atoms with Gasteiger partial charge in [-0.25, -0.2) is 0 Å². The molecule has 0 spiro atoms. The molecule has 0 aliphatic carbocycles. The number of fused-ring (bicyclic) bond motifs is 1. The summed E-state index contributed by atoms with van der Waals surface area (Å²) in [4.78, 5) is 9.14. The van der Waals surface area contributed by atoms with Crippen molar-refractivity contribution in [2.75, 3.05) is 38.0 Å². The summed E-state index contributed by atoms with van der Waals surface area (Å²) < 4.78 is 1.00. The van der Waals surface area contributed by atoms with Crippen molar-refractivity contribution in [2.24, 2.45) is 4.99 Å². The number of nitrogens with zero attached hydrogens (tertiary/aromatic N) is 3. The highest BCUT2D eigenvalue weighted by Crippen LogP contribution is 2.39. The quantitative estimate of drug-likeness (QED) is 0.300. The molecular weight excluding hydrogens is 474 g/mol. The highest BCUT2D eigenvalue weighted by Gasteiger charge is 2.20. The second-order valence-electron chi connectivity index (χ2n) is 8.52. The van der Waals surface area contributed by atoms with E-state index in [2.05, 4.69) is 80.3 Å². The maximum atomic E-state index is 10.9. The molecule has 0 bridgehead atoms. The molecule has 0 saturated carbocycles. The van der Waals surface area contributed by atoms with E-state index in [1.807, 2.05) is 52.6 Å². The molecular formula is C28H28BrN3O. The van der Waals surface area contributed by atoms with Gasteiger partial charge in [0.1, 0.15) is 11.8 Å². The Kier molecular flexibility index (Phi) is 6.70. The molecule has 4 rings (SSSR count). The molecule has 0 aliphatic rings. The number of phenolic OH excluding ortho intramolecular Hbond substituents is 1. The monoisotopic (exact) mass is 501 g/mol. The van der Waals surface area contributed by atoms with Gasteiger partial charge in [0.25, 0.3) is 0 Å². The van der Waals surface area contributed by atoms with Crippen LogP contribution < -0.4 is 9.80 Å². The molecule has 4 aromatic carbocycles. The molecule has 0 radical (unpaired) electrons. The lowest BCUT2D eigenvalue weighted by molar-refractivity contribution is 0.467. The molecule has 1 N–H and O–H groups in total. The number of aromatic hydroxyl groups is 1. The molecule has 168 valence electrons. The third kappa shape index (κ3) is 5.04. The first kappa shape index (κ1) is 22.9. The van der Waals surface area contributed by atoms with Gasteiger partial charge in [0.15, 0.2) is 0 Å². The summed E-state index contributed by atoms with van der Waals surface area (Å²) >= 11 is 3.56. The Balaban J connectivity index is 1.83. The first-order chi connectivity index (χ1) is 15.8. The summed E-state index contributed by atoms with van der Waals surface area (Å²) in [5.41, 5.74) is 5.09. The molecule has 0 saturated heterocycles. The zero-order chi connectivity index (χ0) is 23.5. The highest BCUT2D eigenvalue weighted by atomic mass is 79.9. The molecule has 0 heterocycles. The number of hydrogen-bond donors (Lipinski definition) is 1. The van der Waals surface area contributed by atoms with E-state index in [0.29, 0.717) is 0 Å². The van der Waals surface area contributed by atoms with E-state index < -0.39 is 0 Å². The van der Waals surface area contributed by atoms with Crippen molar-refractivity contribution in [3.63, 3.8) is 0 Å². The van der Waals surface area contributed by atoms with Crippen LogP contribution in [-0.2, 0) is 0 Å². The summed E-state index contributed by atoms with van der Waals surface area (Å²) in [5, 5.41) is 13.0. The van der Waals surface area contributed by atoms with E-state index in [4.69, 9.17) is 4.99 Å². The summed E-state index contributed by atoms with van der Waals surface area (Å²) in [5.74, 6) is 0.242. The summed E-state index contributed by atoms with van der Waals surface area (Å²) in [6.45, 7) is 0. The average Bonchev–Trinajstić information content (AvgIpc) is 2.81. The van der Waals surface area contributed by atoms with Crippen molar-refractivity contribution < 1.29 is 5.11 Å². The fraction of sp³-hybridized carbons (Fsp3) is 0.179. The Labute approximate surface area is 203 Å². The summed E-state index contributed by atoms with van der Waals surface area (Å²) in [6.07, 6.45) is 1.89. The maximum Gasteiger partial charge on any atom is 0.121 e. The molecule has 33 heavy (non-hydrogen) atoms. The minimum Gasteiger partial charge on any atom is -0.508 e. The van der Waals surface area contributed by atoms with Crippen molar-refractivity contribution >= 4 is 44.3 Å². The number of hydrogen-bond acceptors (Lipinski definition) is 4. The van der Waals surface area contributed by atoms with Crippen molar-refractivity contribution in [2.45, 2.75) is 6.04 Å². The van der Waals surface area contributed by atoms with Crippen LogP contribution in [0.4, 0.5) is 11.4 Å². The Bertz CT molecular complexity index is 1280. The minimum atomic E-state index is -0.348. The molecule has 0 fully saturated rings. The fourth-order valence-corrected chi connectivity index (χ4v) is 4.28. The first-order valence-corrected chi connectivity index (χ1v) is 11.6. The van der Waals surface area contributed by atoms with Crippen LogP contribution in [0, 0.1) is 0 Å². The van der Waals surface area contributed by atoms with Crippen LogP contribution in [0.2, 0.25) is 0 Å². The van der Waals surface area contributed by atoms with Gasteiger partial charge in [-0.15, -0.1) is 0 Å². The van der Waals surface area contributed by atoms with Crippen LogP contribution in [0.1, 0.15) is 22.7 Å². The predicted octanol–water partition coefficient (Wildman–Crippen LogP) is 6.65. The van der Waals surface area contributed by atoms with Crippen LogP contribution in [0.5, 0.6) is 5.75 Å². The zero-order valence-corrected chi connectivity index (χ0v) is 20.9. The number of halogens is 1. The lowest BCUT2D eigenvalue weighted by Crippen LogP contribution is -2.09. The largest absolute Gasteiger partial charge is 0.508 e. The molecule has 0 amide bonds. The van der Waals surface area contributed by atoms with Crippen molar-refractivity contribution in [3.05, 3.63) is 100 Å². The summed E-state index contributed by atoms with van der Waals surface area (Å²) in [7, 11) is 8.10. The highest BCUT2D eigenvalue weighted by molar-refractivity contribution is 9.10. The van der Waals surface area contributed by atoms with Gasteiger partial charge < -0.3 is 14.9 Å². The van der Waals surface area contributed by atoms with Crippen LogP contribution in [-0.4, -0.2) is 39.5 Å². The molecule has 4 nitrogen and oxygen atoms in total. The number of benzene rings is 4. The number of rotatable bonds is 6. The minimum absolute atomic E-state index is 0.242. The van der Waals surface area contributed by atoms with Crippen molar-refractivity contribution in [1.29, 1.82) is 0 Å². The zero-order valence-electron chi connectivity index (χ0n) is 19.3. The molecule has 4 aromatic rings. The van der Waals surface area contributed by atoms with Gasteiger partial charge in [0.05, 0.1) is 0 Å². The van der Waals surface area contributed by atoms with Crippen LogP contribution in [0.25, 0.3) is 10.8 Å². The number of phenols is 1. The van der Waals surface area contributed by atoms with Gasteiger partial charge >= 0.3 is 0 Å². The third-order valence-electron chi connectivity index (χ3n) is 5.78. The van der Waals surface area contributed by atoms with Crippen LogP contribution in [0.15, 0.2) is 88.3 Å². The molecule has 0 aromatic heterocycles. The predicted molar refractivity (Wildman–Crippen MR) is 144 cm³/mol. The fourth-order valence-electron chi connectivity index (χ4n) is 3.90. The van der Waals surface area contributed by atoms with Gasteiger partial charge in [-0.2, -0.15) is 0 Å². The Morgan fingerprint density at radius 2 is 1.39 bits per heavy atom. The maximum absolute atomic E-state index is 10.9. The normalized spacial score (nSPS) is 12.3. The average molecular weight is 502 g/mol. The van der Waals surface area contributed by atoms with E-state index in [-0.39, 0.29) is 11.8 Å². The van der Waals surface area contributed by atoms with E-state index in [0.717, 1.165) is 43.3 Å². The van der Waals surface area contributed by atoms with Crippen LogP contribution in [0.3, 0.4) is 0 Å². The van der Waals surface area contributed by atoms with Gasteiger partial charge in [-0.05, 0) is 64.4 Å². The molecule has 1 unspecified atom stereocenters. The Hall–Kier alpha value is -3.31. The molecule has 1 atom stereocenters. The summed E-state index contributed by atoms with van der Waals surface area (Å²) in [6, 6.07) is 26.1. The van der Waals surface area contributed by atoms with Crippen molar-refractivity contribution in [3.8, 4) is 5.75 Å². The number of anilines is 2.